The van der Waals surface area contributed by atoms with Crippen molar-refractivity contribution >= 4 is 0 Å². The molecule has 0 saturated heterocycles. The molecule has 0 aliphatic heterocycles. The average Bonchev–Trinajstić information content (AvgIpc) is 2.58. The van der Waals surface area contributed by atoms with Gasteiger partial charge in [0.25, 0.3) is 0 Å². The maximum absolute atomic E-state index is 5.90. The molecule has 1 N–H and O–H groups in total. The van der Waals surface area contributed by atoms with E-state index in [0.717, 1.165) is 18.3 Å². The SMILES string of the molecule is CCCCC(CCCCCCC[NH+](C)C)CCOc1ccccc1.[Br-]. The molecule has 0 saturated carbocycles. The van der Waals surface area contributed by atoms with E-state index in [-0.39, 0.29) is 17.0 Å². The molecule has 1 rings (SSSR count). The molecule has 3 heteroatoms. The molecule has 146 valence electrons. The van der Waals surface area contributed by atoms with Crippen molar-refractivity contribution in [3.8, 4) is 5.75 Å². The summed E-state index contributed by atoms with van der Waals surface area (Å²) in [4.78, 5) is 1.58. The highest BCUT2D eigenvalue weighted by atomic mass is 79.9. The second-order valence-corrected chi connectivity index (χ2v) is 7.47. The number of unbranched alkanes of at least 4 members (excludes halogenated alkanes) is 5. The summed E-state index contributed by atoms with van der Waals surface area (Å²) in [5.41, 5.74) is 0. The van der Waals surface area contributed by atoms with Gasteiger partial charge >= 0.3 is 0 Å². The van der Waals surface area contributed by atoms with Gasteiger partial charge in [-0.25, -0.2) is 0 Å². The summed E-state index contributed by atoms with van der Waals surface area (Å²) in [5, 5.41) is 0. The fraction of sp³-hybridized carbons (Fsp3) is 0.727. The van der Waals surface area contributed by atoms with Gasteiger partial charge in [0.15, 0.2) is 0 Å². The van der Waals surface area contributed by atoms with Gasteiger partial charge in [0.2, 0.25) is 0 Å². The van der Waals surface area contributed by atoms with Gasteiger partial charge in [-0.05, 0) is 37.3 Å². The lowest BCUT2D eigenvalue weighted by Crippen LogP contribution is -3.05. The van der Waals surface area contributed by atoms with Crippen LogP contribution in [-0.4, -0.2) is 27.2 Å². The van der Waals surface area contributed by atoms with Crippen LogP contribution in [0.5, 0.6) is 5.75 Å². The van der Waals surface area contributed by atoms with Crippen LogP contribution >= 0.6 is 0 Å². The fourth-order valence-electron chi connectivity index (χ4n) is 3.23. The standard InChI is InChI=1S/C22H39NO.BrH/c1-4-5-14-21(15-10-7-6-8-13-19-23(2)3)18-20-24-22-16-11-9-12-17-22;/h9,11-12,16-17,21H,4-8,10,13-15,18-20H2,1-3H3;1H. The molecule has 0 aromatic heterocycles. The summed E-state index contributed by atoms with van der Waals surface area (Å²) < 4.78 is 5.90. The number of nitrogens with one attached hydrogen (secondary N) is 1. The number of ether oxygens (including phenoxy) is 1. The fourth-order valence-corrected chi connectivity index (χ4v) is 3.23. The summed E-state index contributed by atoms with van der Waals surface area (Å²) >= 11 is 0. The van der Waals surface area contributed by atoms with E-state index < -0.39 is 0 Å². The summed E-state index contributed by atoms with van der Waals surface area (Å²) in [6, 6.07) is 10.2. The van der Waals surface area contributed by atoms with Gasteiger partial charge in [0.1, 0.15) is 5.75 Å². The van der Waals surface area contributed by atoms with E-state index in [1.165, 1.54) is 70.8 Å². The van der Waals surface area contributed by atoms with Crippen molar-refractivity contribution in [2.24, 2.45) is 5.92 Å². The first-order chi connectivity index (χ1) is 11.7. The second-order valence-electron chi connectivity index (χ2n) is 7.47. The number of hydrogen-bond acceptors (Lipinski definition) is 1. The van der Waals surface area contributed by atoms with Crippen LogP contribution in [0.15, 0.2) is 30.3 Å². The molecule has 1 atom stereocenters. The lowest BCUT2D eigenvalue weighted by atomic mass is 9.92. The first-order valence-corrected chi connectivity index (χ1v) is 10.2. The quantitative estimate of drug-likeness (QED) is 0.432. The molecule has 0 heterocycles. The third-order valence-corrected chi connectivity index (χ3v) is 4.79. The molecule has 0 bridgehead atoms. The van der Waals surface area contributed by atoms with Crippen molar-refractivity contribution in [3.05, 3.63) is 30.3 Å². The Balaban J connectivity index is 0.00000576. The third-order valence-electron chi connectivity index (χ3n) is 4.79. The number of para-hydroxylation sites is 1. The van der Waals surface area contributed by atoms with Crippen LogP contribution in [0.3, 0.4) is 0 Å². The van der Waals surface area contributed by atoms with Gasteiger partial charge in [-0.1, -0.05) is 70.1 Å². The molecule has 0 amide bonds. The molecule has 0 fully saturated rings. The molecule has 0 aliphatic rings. The highest BCUT2D eigenvalue weighted by Crippen LogP contribution is 2.21. The number of halogens is 1. The van der Waals surface area contributed by atoms with E-state index in [4.69, 9.17) is 4.74 Å². The van der Waals surface area contributed by atoms with Crippen LogP contribution in [0.25, 0.3) is 0 Å². The van der Waals surface area contributed by atoms with Crippen LogP contribution in [-0.2, 0) is 0 Å². The molecule has 1 aromatic rings. The Bertz CT molecular complexity index is 383. The molecule has 1 aromatic carbocycles. The lowest BCUT2D eigenvalue weighted by molar-refractivity contribution is -0.858. The van der Waals surface area contributed by atoms with Gasteiger partial charge in [0, 0.05) is 0 Å². The van der Waals surface area contributed by atoms with Crippen molar-refractivity contribution in [3.63, 3.8) is 0 Å². The summed E-state index contributed by atoms with van der Waals surface area (Å²) in [6.07, 6.45) is 13.6. The van der Waals surface area contributed by atoms with E-state index in [2.05, 4.69) is 33.2 Å². The van der Waals surface area contributed by atoms with E-state index in [9.17, 15) is 0 Å². The minimum absolute atomic E-state index is 0. The number of rotatable bonds is 15. The normalized spacial score (nSPS) is 12.0. The second kappa shape index (κ2) is 16.9. The van der Waals surface area contributed by atoms with E-state index in [1.807, 2.05) is 18.2 Å². The highest BCUT2D eigenvalue weighted by Gasteiger charge is 2.09. The Morgan fingerprint density at radius 2 is 1.48 bits per heavy atom. The van der Waals surface area contributed by atoms with Gasteiger partial charge in [0.05, 0.1) is 27.2 Å². The number of hydrogen-bond donors (Lipinski definition) is 1. The largest absolute Gasteiger partial charge is 1.00 e. The Morgan fingerprint density at radius 1 is 0.840 bits per heavy atom. The molecule has 1 unspecified atom stereocenters. The van der Waals surface area contributed by atoms with Crippen molar-refractivity contribution in [1.29, 1.82) is 0 Å². The predicted molar refractivity (Wildman–Crippen MR) is 105 cm³/mol. The van der Waals surface area contributed by atoms with Crippen LogP contribution in [0.1, 0.15) is 71.1 Å². The molecule has 0 radical (unpaired) electrons. The molecule has 25 heavy (non-hydrogen) atoms. The Kier molecular flexibility index (Phi) is 16.5. The minimum Gasteiger partial charge on any atom is -1.00 e. The third kappa shape index (κ3) is 14.3. The topological polar surface area (TPSA) is 13.7 Å². The summed E-state index contributed by atoms with van der Waals surface area (Å²) in [5.74, 6) is 1.86. The van der Waals surface area contributed by atoms with E-state index in [1.54, 1.807) is 4.90 Å². The van der Waals surface area contributed by atoms with E-state index in [0.29, 0.717) is 0 Å². The van der Waals surface area contributed by atoms with Gasteiger partial charge < -0.3 is 26.6 Å². The monoisotopic (exact) mass is 413 g/mol. The zero-order valence-corrected chi connectivity index (χ0v) is 18.3. The smallest absolute Gasteiger partial charge is 0.119 e. The zero-order chi connectivity index (χ0) is 17.5. The summed E-state index contributed by atoms with van der Waals surface area (Å²) in [7, 11) is 4.49. The Labute approximate surface area is 167 Å². The van der Waals surface area contributed by atoms with E-state index >= 15 is 0 Å². The lowest BCUT2D eigenvalue weighted by Gasteiger charge is -2.17. The first-order valence-electron chi connectivity index (χ1n) is 10.2. The van der Waals surface area contributed by atoms with Crippen LogP contribution in [0.4, 0.5) is 0 Å². The van der Waals surface area contributed by atoms with Crippen molar-refractivity contribution in [2.45, 2.75) is 71.1 Å². The Morgan fingerprint density at radius 3 is 2.16 bits per heavy atom. The first kappa shape index (κ1) is 24.5. The number of quaternary nitrogens is 1. The summed E-state index contributed by atoms with van der Waals surface area (Å²) in [6.45, 7) is 4.48. The number of benzene rings is 1. The van der Waals surface area contributed by atoms with Gasteiger partial charge in [-0.3, -0.25) is 0 Å². The van der Waals surface area contributed by atoms with Gasteiger partial charge in [-0.2, -0.15) is 0 Å². The molecular formula is C22H40BrNO. The van der Waals surface area contributed by atoms with Crippen LogP contribution in [0.2, 0.25) is 0 Å². The molecule has 0 spiro atoms. The van der Waals surface area contributed by atoms with Crippen molar-refractivity contribution < 1.29 is 26.6 Å². The van der Waals surface area contributed by atoms with Gasteiger partial charge in [-0.15, -0.1) is 0 Å². The zero-order valence-electron chi connectivity index (χ0n) is 16.7. The Hall–Kier alpha value is -0.540. The molecule has 2 nitrogen and oxygen atoms in total. The average molecular weight is 414 g/mol. The maximum atomic E-state index is 5.90. The minimum atomic E-state index is 0. The predicted octanol–water partition coefficient (Wildman–Crippen LogP) is 1.75. The van der Waals surface area contributed by atoms with Crippen molar-refractivity contribution in [2.75, 3.05) is 27.2 Å². The van der Waals surface area contributed by atoms with Crippen LogP contribution < -0.4 is 26.6 Å². The van der Waals surface area contributed by atoms with Crippen molar-refractivity contribution in [1.82, 2.24) is 0 Å². The molecule has 0 aliphatic carbocycles. The van der Waals surface area contributed by atoms with Crippen LogP contribution in [0, 0.1) is 5.92 Å². The molecular weight excluding hydrogens is 374 g/mol. The highest BCUT2D eigenvalue weighted by molar-refractivity contribution is 5.20. The maximum Gasteiger partial charge on any atom is 0.119 e.